The lowest BCUT2D eigenvalue weighted by molar-refractivity contribution is 0.00759. The van der Waals surface area contributed by atoms with Gasteiger partial charge in [0.25, 0.3) is 11.9 Å². The summed E-state index contributed by atoms with van der Waals surface area (Å²) in [6.07, 6.45) is 7.46. The van der Waals surface area contributed by atoms with Crippen molar-refractivity contribution in [2.24, 2.45) is 0 Å². The molecule has 0 aromatic heterocycles. The molecular formula is C24H26BNO5. The van der Waals surface area contributed by atoms with Gasteiger partial charge in [0, 0.05) is 0 Å². The Morgan fingerprint density at radius 3 is 2.26 bits per heavy atom. The van der Waals surface area contributed by atoms with Gasteiger partial charge >= 0.3 is 7.12 Å². The van der Waals surface area contributed by atoms with Crippen LogP contribution in [0.3, 0.4) is 0 Å². The number of ether oxygens (including phenoxy) is 1. The summed E-state index contributed by atoms with van der Waals surface area (Å²) in [6, 6.07) is 19.6. The van der Waals surface area contributed by atoms with Crippen molar-refractivity contribution in [2.45, 2.75) is 38.0 Å². The maximum absolute atomic E-state index is 10.3. The Hall–Kier alpha value is -3.32. The first-order valence-corrected chi connectivity index (χ1v) is 10.5. The lowest BCUT2D eigenvalue weighted by Gasteiger charge is -2.30. The number of aliphatic hydroxyl groups excluding tert-OH is 2. The van der Waals surface area contributed by atoms with Crippen LogP contribution >= 0.6 is 0 Å². The zero-order valence-corrected chi connectivity index (χ0v) is 17.2. The van der Waals surface area contributed by atoms with Crippen molar-refractivity contribution in [1.82, 2.24) is 4.90 Å². The monoisotopic (exact) mass is 419 g/mol. The predicted octanol–water partition coefficient (Wildman–Crippen LogP) is 4.93. The first-order valence-electron chi connectivity index (χ1n) is 10.5. The maximum atomic E-state index is 10.3. The van der Waals surface area contributed by atoms with Gasteiger partial charge in [0.2, 0.25) is 0 Å². The topological polar surface area (TPSA) is 71.4 Å². The minimum absolute atomic E-state index is 0.0403. The van der Waals surface area contributed by atoms with E-state index < -0.39 is 7.12 Å². The zero-order valence-electron chi connectivity index (χ0n) is 17.2. The highest BCUT2D eigenvalue weighted by atomic mass is 16.7. The Bertz CT molecular complexity index is 910. The number of benzene rings is 2. The van der Waals surface area contributed by atoms with Crippen molar-refractivity contribution in [1.29, 1.82) is 0 Å². The number of hydrogen-bond donors (Lipinski definition) is 2. The van der Waals surface area contributed by atoms with E-state index in [1.54, 1.807) is 17.0 Å². The second-order valence-electron chi connectivity index (χ2n) is 7.59. The van der Waals surface area contributed by atoms with E-state index in [-0.39, 0.29) is 24.0 Å². The van der Waals surface area contributed by atoms with Gasteiger partial charge in [-0.2, -0.15) is 0 Å². The largest absolute Gasteiger partial charge is 0.629 e. The van der Waals surface area contributed by atoms with Crippen molar-refractivity contribution < 1.29 is 24.3 Å². The zero-order chi connectivity index (χ0) is 21.5. The van der Waals surface area contributed by atoms with E-state index in [1.807, 2.05) is 60.7 Å². The van der Waals surface area contributed by atoms with E-state index in [0.717, 1.165) is 30.4 Å². The van der Waals surface area contributed by atoms with Crippen LogP contribution in [-0.2, 0) is 20.7 Å². The quantitative estimate of drug-likeness (QED) is 0.648. The fourth-order valence-corrected chi connectivity index (χ4v) is 3.86. The normalized spacial score (nSPS) is 25.0. The predicted molar refractivity (Wildman–Crippen MR) is 119 cm³/mol. The van der Waals surface area contributed by atoms with E-state index in [2.05, 4.69) is 0 Å². The summed E-state index contributed by atoms with van der Waals surface area (Å²) in [4.78, 5) is 1.71. The lowest BCUT2D eigenvalue weighted by atomic mass is 9.88. The molecule has 1 aliphatic carbocycles. The average Bonchev–Trinajstić information content (AvgIpc) is 3.24. The molecule has 0 bridgehead atoms. The third-order valence-corrected chi connectivity index (χ3v) is 5.35. The van der Waals surface area contributed by atoms with E-state index in [1.165, 1.54) is 12.4 Å². The van der Waals surface area contributed by atoms with Gasteiger partial charge in [-0.15, -0.1) is 0 Å². The van der Waals surface area contributed by atoms with Gasteiger partial charge in [-0.1, -0.05) is 66.7 Å². The number of hydrogen-bond acceptors (Lipinski definition) is 6. The Balaban J connectivity index is 1.42. The molecule has 1 unspecified atom stereocenters. The van der Waals surface area contributed by atoms with Crippen LogP contribution in [0.25, 0.3) is 6.08 Å². The first kappa shape index (κ1) is 20.9. The molecule has 1 fully saturated rings. The van der Waals surface area contributed by atoms with Crippen LogP contribution in [0.15, 0.2) is 90.9 Å². The molecule has 1 heterocycles. The molecule has 2 N–H and O–H groups in total. The lowest BCUT2D eigenvalue weighted by Crippen LogP contribution is -2.37. The van der Waals surface area contributed by atoms with Crippen LogP contribution in [0.4, 0.5) is 0 Å². The number of rotatable bonds is 6. The van der Waals surface area contributed by atoms with Gasteiger partial charge in [-0.3, -0.25) is 0 Å². The molecule has 160 valence electrons. The van der Waals surface area contributed by atoms with Gasteiger partial charge in [0.05, 0.1) is 31.2 Å². The van der Waals surface area contributed by atoms with Crippen LogP contribution in [0.5, 0.6) is 0 Å². The minimum Gasteiger partial charge on any atom is -0.494 e. The van der Waals surface area contributed by atoms with E-state index in [9.17, 15) is 10.2 Å². The third kappa shape index (κ3) is 5.86. The van der Waals surface area contributed by atoms with Crippen molar-refractivity contribution >= 4 is 13.2 Å². The molecule has 4 rings (SSSR count). The second-order valence-corrected chi connectivity index (χ2v) is 7.59. The molecule has 7 heteroatoms. The Kier molecular flexibility index (Phi) is 6.84. The van der Waals surface area contributed by atoms with Crippen molar-refractivity contribution in [2.75, 3.05) is 0 Å². The van der Waals surface area contributed by atoms with Gasteiger partial charge in [-0.05, 0) is 36.4 Å². The molecule has 0 saturated heterocycles. The summed E-state index contributed by atoms with van der Waals surface area (Å²) in [5, 5.41) is 20.6. The second kappa shape index (κ2) is 10.1. The van der Waals surface area contributed by atoms with Gasteiger partial charge in [0.1, 0.15) is 0 Å². The van der Waals surface area contributed by atoms with Crippen molar-refractivity contribution in [3.63, 3.8) is 0 Å². The summed E-state index contributed by atoms with van der Waals surface area (Å²) >= 11 is 0. The molecule has 2 aliphatic rings. The Morgan fingerprint density at radius 2 is 1.58 bits per heavy atom. The smallest absolute Gasteiger partial charge is 0.494 e. The summed E-state index contributed by atoms with van der Waals surface area (Å²) in [5.41, 5.74) is 2.06. The van der Waals surface area contributed by atoms with Crippen LogP contribution < -0.4 is 0 Å². The maximum Gasteiger partial charge on any atom is 0.629 e. The number of aliphatic hydroxyl groups is 2. The van der Waals surface area contributed by atoms with Gasteiger partial charge in [0.15, 0.2) is 0 Å². The first-order chi connectivity index (χ1) is 15.2. The standard InChI is InChI=1S/C24H26BNO5/c27-23-16-26(21-12-7-13-22(21)29-18-20-10-5-2-6-11-20)17-24(28)31-25(30-23)15-14-19-8-3-1-4-9-19/h1-6,8-11,14-17,21-22,27-28H,7,12-13,18H2/b15-14?,23-16-,24-17-/t21?,22-/m0/s1. The molecule has 1 aliphatic heterocycles. The Morgan fingerprint density at radius 1 is 0.935 bits per heavy atom. The van der Waals surface area contributed by atoms with Gasteiger partial charge in [-0.25, -0.2) is 0 Å². The highest BCUT2D eigenvalue weighted by molar-refractivity contribution is 6.52. The summed E-state index contributed by atoms with van der Waals surface area (Å²) < 4.78 is 17.1. The van der Waals surface area contributed by atoms with Crippen LogP contribution in [0.1, 0.15) is 30.4 Å². The van der Waals surface area contributed by atoms with Crippen LogP contribution in [0.2, 0.25) is 0 Å². The van der Waals surface area contributed by atoms with E-state index in [0.29, 0.717) is 6.61 Å². The highest BCUT2D eigenvalue weighted by Gasteiger charge is 2.34. The fraction of sp³-hybridized carbons (Fsp3) is 0.250. The molecule has 0 spiro atoms. The van der Waals surface area contributed by atoms with Crippen molar-refractivity contribution in [3.05, 3.63) is 102 Å². The molecule has 2 atom stereocenters. The molecule has 1 saturated carbocycles. The molecule has 0 radical (unpaired) electrons. The van der Waals surface area contributed by atoms with E-state index in [4.69, 9.17) is 14.0 Å². The highest BCUT2D eigenvalue weighted by Crippen LogP contribution is 2.29. The van der Waals surface area contributed by atoms with Gasteiger partial charge < -0.3 is 29.2 Å². The average molecular weight is 419 g/mol. The molecule has 6 nitrogen and oxygen atoms in total. The third-order valence-electron chi connectivity index (χ3n) is 5.35. The summed E-state index contributed by atoms with van der Waals surface area (Å²) in [6.45, 7) is 0.514. The summed E-state index contributed by atoms with van der Waals surface area (Å²) in [5.74, 6) is 1.04. The number of nitrogens with zero attached hydrogens (tertiary/aromatic N) is 1. The van der Waals surface area contributed by atoms with Crippen LogP contribution in [-0.4, -0.2) is 34.4 Å². The fourth-order valence-electron chi connectivity index (χ4n) is 3.86. The Labute approximate surface area is 182 Å². The molecule has 2 aromatic carbocycles. The molecule has 2 aromatic rings. The van der Waals surface area contributed by atoms with Crippen molar-refractivity contribution in [3.8, 4) is 0 Å². The molecule has 0 amide bonds. The molecule has 31 heavy (non-hydrogen) atoms. The SMILES string of the molecule is O/C1=C/N(C2CCC[C@@H]2OCc2ccccc2)/C=C(/O)OB(C=Cc2ccccc2)O1. The van der Waals surface area contributed by atoms with Crippen LogP contribution in [0, 0.1) is 0 Å². The van der Waals surface area contributed by atoms with E-state index >= 15 is 0 Å². The summed E-state index contributed by atoms with van der Waals surface area (Å²) in [7, 11) is -0.955. The minimum atomic E-state index is -0.955. The molecular weight excluding hydrogens is 393 g/mol.